The molecule has 0 spiro atoms. The molecule has 0 heterocycles. The normalized spacial score (nSPS) is 12.3. The average molecular weight is 553 g/mol. The number of nitrogens with one attached hydrogen (secondary N) is 2. The summed E-state index contributed by atoms with van der Waals surface area (Å²) in [4.78, 5) is 18.8. The van der Waals surface area contributed by atoms with Crippen LogP contribution in [0.15, 0.2) is 46.2 Å². The number of hydrogen-bond donors (Lipinski definition) is 9. The third kappa shape index (κ3) is 10.4. The fourth-order valence-electron chi connectivity index (χ4n) is 2.66. The van der Waals surface area contributed by atoms with Crippen LogP contribution >= 0.6 is 0 Å². The Kier molecular flexibility index (Phi) is 11.0. The van der Waals surface area contributed by atoms with Gasteiger partial charge in [-0.2, -0.15) is 16.8 Å². The van der Waals surface area contributed by atoms with Crippen molar-refractivity contribution in [3.8, 4) is 17.2 Å². The highest BCUT2D eigenvalue weighted by Crippen LogP contribution is 2.34. The van der Waals surface area contributed by atoms with Crippen LogP contribution in [-0.4, -0.2) is 89.1 Å². The zero-order valence-electron chi connectivity index (χ0n) is 18.3. The number of carboxylic acids is 2. The largest absolute Gasteiger partial charge is 0.508 e. The molecule has 2 rings (SSSR count). The molecule has 0 aliphatic rings. The second-order valence-corrected chi connectivity index (χ2v) is 9.88. The molecule has 36 heavy (non-hydrogen) atoms. The average Bonchev–Trinajstić information content (AvgIpc) is 2.73. The minimum Gasteiger partial charge on any atom is -0.508 e. The highest BCUT2D eigenvalue weighted by atomic mass is 32.2. The molecule has 0 saturated carbocycles. The minimum atomic E-state index is -4.92. The minimum absolute atomic E-state index is 0.132. The summed E-state index contributed by atoms with van der Waals surface area (Å²) in [5.74, 6) is -4.17. The number of hydrogen-bond acceptors (Lipinski definition) is 11. The van der Waals surface area contributed by atoms with E-state index in [1.165, 1.54) is 0 Å². The van der Waals surface area contributed by atoms with Gasteiger partial charge in [0.05, 0.1) is 18.0 Å². The van der Waals surface area contributed by atoms with Crippen molar-refractivity contribution in [1.82, 2.24) is 10.6 Å². The predicted molar refractivity (Wildman–Crippen MR) is 121 cm³/mol. The van der Waals surface area contributed by atoms with Crippen LogP contribution in [0.25, 0.3) is 0 Å². The van der Waals surface area contributed by atoms with Crippen LogP contribution in [0.1, 0.15) is 5.56 Å². The van der Waals surface area contributed by atoms with Crippen molar-refractivity contribution >= 4 is 32.2 Å². The van der Waals surface area contributed by atoms with Gasteiger partial charge < -0.3 is 36.2 Å². The molecular formula is C19H24N2O13S2. The lowest BCUT2D eigenvalue weighted by Crippen LogP contribution is -2.43. The lowest BCUT2D eigenvalue weighted by Gasteiger charge is -2.18. The van der Waals surface area contributed by atoms with E-state index in [0.717, 1.165) is 0 Å². The first kappa shape index (κ1) is 30.6. The summed E-state index contributed by atoms with van der Waals surface area (Å²) in [5, 5.41) is 50.5. The maximum Gasteiger partial charge on any atom is 0.317 e. The molecule has 0 saturated heterocycles. The van der Waals surface area contributed by atoms with Gasteiger partial charge in [0.15, 0.2) is 11.5 Å². The predicted octanol–water partition coefficient (Wildman–Crippen LogP) is -0.757. The van der Waals surface area contributed by atoms with E-state index in [0.29, 0.717) is 24.1 Å². The fourth-order valence-corrected chi connectivity index (χ4v) is 3.89. The van der Waals surface area contributed by atoms with Crippen LogP contribution in [0.2, 0.25) is 0 Å². The van der Waals surface area contributed by atoms with Crippen molar-refractivity contribution in [3.05, 3.63) is 42.0 Å². The third-order valence-electron chi connectivity index (χ3n) is 4.27. The monoisotopic (exact) mass is 552 g/mol. The number of benzene rings is 2. The Morgan fingerprint density at radius 3 is 1.92 bits per heavy atom. The number of rotatable bonds is 11. The Labute approximate surface area is 205 Å². The summed E-state index contributed by atoms with van der Waals surface area (Å²) in [5.41, 5.74) is 0.674. The Balaban J connectivity index is 0.000000369. The van der Waals surface area contributed by atoms with E-state index in [1.54, 1.807) is 24.3 Å². The number of carbonyl (C=O) groups is 2. The van der Waals surface area contributed by atoms with Gasteiger partial charge in [-0.3, -0.25) is 18.7 Å². The molecule has 1 atom stereocenters. The van der Waals surface area contributed by atoms with Crippen molar-refractivity contribution < 1.29 is 61.1 Å². The van der Waals surface area contributed by atoms with Crippen LogP contribution in [0.4, 0.5) is 0 Å². The molecule has 17 heteroatoms. The third-order valence-corrected chi connectivity index (χ3v) is 5.97. The van der Waals surface area contributed by atoms with Gasteiger partial charge in [-0.15, -0.1) is 0 Å². The number of phenolic OH excluding ortho intramolecular Hbond substituents is 3. The molecule has 0 aliphatic heterocycles. The van der Waals surface area contributed by atoms with Crippen LogP contribution in [0.3, 0.4) is 0 Å². The van der Waals surface area contributed by atoms with Gasteiger partial charge in [0.1, 0.15) is 10.6 Å². The second-order valence-electron chi connectivity index (χ2n) is 7.07. The summed E-state index contributed by atoms with van der Waals surface area (Å²) >= 11 is 0. The molecule has 15 nitrogen and oxygen atoms in total. The molecule has 200 valence electrons. The number of para-hydroxylation sites is 1. The summed E-state index contributed by atoms with van der Waals surface area (Å²) < 4.78 is 59.9. The summed E-state index contributed by atoms with van der Waals surface area (Å²) in [7, 11) is -9.70. The molecule has 0 radical (unpaired) electrons. The fraction of sp³-hybridized carbons (Fsp3) is 0.263. The van der Waals surface area contributed by atoms with Gasteiger partial charge in [-0.1, -0.05) is 18.2 Å². The molecule has 0 aromatic heterocycles. The number of aromatic hydroxyl groups is 3. The quantitative estimate of drug-likeness (QED) is 0.122. The maximum atomic E-state index is 10.7. The first-order chi connectivity index (χ1) is 16.5. The molecule has 0 aliphatic carbocycles. The van der Waals surface area contributed by atoms with E-state index >= 15 is 0 Å². The summed E-state index contributed by atoms with van der Waals surface area (Å²) in [6.07, 6.45) is 0.395. The number of carboxylic acid groups (broad SMARTS) is 2. The molecule has 1 unspecified atom stereocenters. The lowest BCUT2D eigenvalue weighted by molar-refractivity contribution is -0.137. The van der Waals surface area contributed by atoms with Crippen molar-refractivity contribution in [2.75, 3.05) is 19.6 Å². The molecule has 0 amide bonds. The Morgan fingerprint density at radius 1 is 0.833 bits per heavy atom. The van der Waals surface area contributed by atoms with E-state index in [2.05, 4.69) is 10.6 Å². The van der Waals surface area contributed by atoms with Crippen LogP contribution in [-0.2, 0) is 36.2 Å². The van der Waals surface area contributed by atoms with Gasteiger partial charge in [-0.25, -0.2) is 0 Å². The van der Waals surface area contributed by atoms with E-state index in [1.807, 2.05) is 0 Å². The van der Waals surface area contributed by atoms with Crippen molar-refractivity contribution in [1.29, 1.82) is 0 Å². The second kappa shape index (κ2) is 13.0. The first-order valence-corrected chi connectivity index (χ1v) is 12.6. The number of phenols is 3. The Bertz CT molecular complexity index is 1290. The van der Waals surface area contributed by atoms with E-state index in [9.17, 15) is 31.5 Å². The maximum absolute atomic E-state index is 10.7. The zero-order valence-corrected chi connectivity index (χ0v) is 19.9. The van der Waals surface area contributed by atoms with Gasteiger partial charge in [-0.05, 0) is 24.1 Å². The highest BCUT2D eigenvalue weighted by Gasteiger charge is 2.23. The van der Waals surface area contributed by atoms with E-state index in [4.69, 9.17) is 29.5 Å². The Morgan fingerprint density at radius 2 is 1.42 bits per heavy atom. The van der Waals surface area contributed by atoms with Crippen molar-refractivity contribution in [3.63, 3.8) is 0 Å². The lowest BCUT2D eigenvalue weighted by atomic mass is 10.0. The van der Waals surface area contributed by atoms with E-state index < -0.39 is 53.5 Å². The SMILES string of the molecule is O=C(O)CNCC(Cc1ccccc1O)NCC(=O)O.O=S(=O)(O)c1cc(O)c(O)c(S(=O)(=O)O)c1. The van der Waals surface area contributed by atoms with Gasteiger partial charge in [0.2, 0.25) is 0 Å². The molecule has 0 fully saturated rings. The van der Waals surface area contributed by atoms with Crippen molar-refractivity contribution in [2.24, 2.45) is 0 Å². The smallest absolute Gasteiger partial charge is 0.317 e. The molecule has 9 N–H and O–H groups in total. The topological polar surface area (TPSA) is 268 Å². The van der Waals surface area contributed by atoms with Crippen molar-refractivity contribution in [2.45, 2.75) is 22.3 Å². The molecular weight excluding hydrogens is 528 g/mol. The van der Waals surface area contributed by atoms with Crippen LogP contribution in [0, 0.1) is 0 Å². The van der Waals surface area contributed by atoms with Gasteiger partial charge in [0.25, 0.3) is 20.2 Å². The van der Waals surface area contributed by atoms with Gasteiger partial charge >= 0.3 is 11.9 Å². The van der Waals surface area contributed by atoms with Crippen LogP contribution < -0.4 is 10.6 Å². The number of aliphatic carboxylic acids is 2. The summed E-state index contributed by atoms with van der Waals surface area (Å²) in [6, 6.07) is 7.20. The van der Waals surface area contributed by atoms with Crippen LogP contribution in [0.5, 0.6) is 17.2 Å². The van der Waals surface area contributed by atoms with Gasteiger partial charge in [0, 0.05) is 18.7 Å². The molecule has 2 aromatic carbocycles. The zero-order chi connectivity index (χ0) is 27.7. The standard InChI is InChI=1S/C13H18N2O5.C6H6O8S2/c16-11-4-2-1-3-9(11)5-10(15-8-13(19)20)6-14-7-12(17)18;7-4-1-3(15(9,10)11)2-5(6(4)8)16(12,13)14/h1-4,10,14-16H,5-8H2,(H,17,18)(H,19,20);1-2,7-8H,(H,9,10,11)(H,12,13,14). The van der Waals surface area contributed by atoms with E-state index in [-0.39, 0.29) is 31.4 Å². The molecule has 0 bridgehead atoms. The highest BCUT2D eigenvalue weighted by molar-refractivity contribution is 7.86. The Hall–Kier alpha value is -3.48. The molecule has 2 aromatic rings. The summed E-state index contributed by atoms with van der Waals surface area (Å²) in [6.45, 7) is -0.146. The first-order valence-electron chi connectivity index (χ1n) is 9.67.